The number of hydrogen-bond donors (Lipinski definition) is 16. The van der Waals surface area contributed by atoms with Crippen molar-refractivity contribution < 1.29 is 58.2 Å². The fourth-order valence-electron chi connectivity index (χ4n) is 9.45. The molecule has 3 rings (SSSR count). The van der Waals surface area contributed by atoms with Crippen LogP contribution in [0, 0.1) is 11.8 Å². The van der Waals surface area contributed by atoms with Crippen molar-refractivity contribution in [2.45, 2.75) is 191 Å². The molecule has 1 saturated carbocycles. The summed E-state index contributed by atoms with van der Waals surface area (Å²) in [6, 6.07) is -4.41. The highest BCUT2D eigenvalue weighted by Gasteiger charge is 2.37. The van der Waals surface area contributed by atoms with Crippen LogP contribution in [0.1, 0.15) is 123 Å². The molecule has 1 aromatic carbocycles. The van der Waals surface area contributed by atoms with E-state index in [1.54, 1.807) is 44.2 Å². The number of aliphatic hydroxyl groups excluding tert-OH is 2. The van der Waals surface area contributed by atoms with Crippen LogP contribution in [0.5, 0.6) is 0 Å². The molecule has 20 N–H and O–H groups in total. The average Bonchev–Trinajstić information content (AvgIpc) is 3.40. The quantitative estimate of drug-likeness (QED) is 0.0498. The highest BCUT2D eigenvalue weighted by Crippen LogP contribution is 2.27. The van der Waals surface area contributed by atoms with Crippen molar-refractivity contribution in [1.29, 1.82) is 0 Å². The van der Waals surface area contributed by atoms with E-state index in [2.05, 4.69) is 53.2 Å². The first kappa shape index (κ1) is 67.0. The summed E-state index contributed by atoms with van der Waals surface area (Å²) in [6.45, 7) is 5.14. The summed E-state index contributed by atoms with van der Waals surface area (Å²) >= 11 is 0. The Morgan fingerprint density at radius 3 is 1.65 bits per heavy atom. The van der Waals surface area contributed by atoms with E-state index in [0.717, 1.165) is 32.1 Å². The van der Waals surface area contributed by atoms with Gasteiger partial charge in [-0.05, 0) is 109 Å². The zero-order chi connectivity index (χ0) is 58.6. The Morgan fingerprint density at radius 1 is 0.595 bits per heavy atom. The molecule has 1 aliphatic heterocycles. The maximum absolute atomic E-state index is 14.5. The van der Waals surface area contributed by atoms with Gasteiger partial charge in [-0.3, -0.25) is 47.9 Å². The largest absolute Gasteiger partial charge is 0.391 e. The van der Waals surface area contributed by atoms with Gasteiger partial charge in [0.1, 0.15) is 54.4 Å². The number of aliphatic hydroxyl groups is 2. The van der Waals surface area contributed by atoms with E-state index in [1.807, 2.05) is 0 Å². The van der Waals surface area contributed by atoms with Crippen LogP contribution in [-0.4, -0.2) is 169 Å². The van der Waals surface area contributed by atoms with Crippen molar-refractivity contribution in [3.8, 4) is 0 Å². The van der Waals surface area contributed by atoms with Crippen molar-refractivity contribution in [3.05, 3.63) is 35.9 Å². The Hall–Kier alpha value is -6.32. The van der Waals surface area contributed by atoms with E-state index in [4.69, 9.17) is 22.9 Å². The van der Waals surface area contributed by atoms with Crippen molar-refractivity contribution in [2.75, 3.05) is 32.7 Å². The average molecular weight is 1120 g/mol. The zero-order valence-corrected chi connectivity index (χ0v) is 46.3. The Bertz CT molecular complexity index is 2150. The highest BCUT2D eigenvalue weighted by atomic mass is 16.3. The predicted octanol–water partition coefficient (Wildman–Crippen LogP) is -3.93. The minimum atomic E-state index is -1.65. The van der Waals surface area contributed by atoms with Crippen LogP contribution >= 0.6 is 0 Å². The Kier molecular flexibility index (Phi) is 29.9. The van der Waals surface area contributed by atoms with Gasteiger partial charge in [0, 0.05) is 19.4 Å². The van der Waals surface area contributed by atoms with Gasteiger partial charge in [-0.2, -0.15) is 0 Å². The van der Waals surface area contributed by atoms with E-state index in [-0.39, 0.29) is 77.0 Å². The van der Waals surface area contributed by atoms with Crippen LogP contribution in [0.3, 0.4) is 0 Å². The molecular weight excluding hydrogens is 1020 g/mol. The van der Waals surface area contributed by atoms with Crippen molar-refractivity contribution in [3.63, 3.8) is 0 Å². The first-order valence-electron chi connectivity index (χ1n) is 27.8. The Morgan fingerprint density at radius 2 is 1.11 bits per heavy atom. The highest BCUT2D eigenvalue weighted by molar-refractivity contribution is 5.99. The second kappa shape index (κ2) is 35.3. The molecule has 0 spiro atoms. The Balaban J connectivity index is 2.05. The minimum absolute atomic E-state index is 0.0638. The van der Waals surface area contributed by atoms with Gasteiger partial charge < -0.3 is 86.3 Å². The van der Waals surface area contributed by atoms with E-state index in [9.17, 15) is 58.2 Å². The maximum Gasteiger partial charge on any atom is 0.245 e. The lowest BCUT2D eigenvalue weighted by Gasteiger charge is -2.28. The third-order valence-electron chi connectivity index (χ3n) is 13.9. The number of hydrogen-bond acceptors (Lipinski definition) is 16. The summed E-state index contributed by atoms with van der Waals surface area (Å²) in [4.78, 5) is 140. The van der Waals surface area contributed by atoms with Gasteiger partial charge >= 0.3 is 0 Å². The number of nitrogens with two attached hydrogens (primary N) is 4. The van der Waals surface area contributed by atoms with Crippen LogP contribution in [0.25, 0.3) is 0 Å². The zero-order valence-electron chi connectivity index (χ0n) is 46.3. The number of amides is 10. The molecule has 1 saturated heterocycles. The third kappa shape index (κ3) is 23.5. The van der Waals surface area contributed by atoms with E-state index in [0.29, 0.717) is 17.9 Å². The van der Waals surface area contributed by atoms with Gasteiger partial charge in [0.2, 0.25) is 59.1 Å². The molecule has 0 bridgehead atoms. The molecule has 2 aliphatic rings. The molecule has 444 valence electrons. The van der Waals surface area contributed by atoms with E-state index < -0.39 is 139 Å². The van der Waals surface area contributed by atoms with Gasteiger partial charge in [0.25, 0.3) is 0 Å². The van der Waals surface area contributed by atoms with Crippen LogP contribution < -0.4 is 76.1 Å². The second-order valence-corrected chi connectivity index (χ2v) is 21.0. The molecule has 79 heavy (non-hydrogen) atoms. The summed E-state index contributed by atoms with van der Waals surface area (Å²) in [5.74, 6) is -8.21. The normalized spacial score (nSPS) is 24.4. The van der Waals surface area contributed by atoms with Crippen molar-refractivity contribution in [1.82, 2.24) is 53.2 Å². The maximum atomic E-state index is 14.5. The lowest BCUT2D eigenvalue weighted by Crippen LogP contribution is -2.61. The first-order chi connectivity index (χ1) is 37.6. The van der Waals surface area contributed by atoms with Gasteiger partial charge in [0.05, 0.1) is 12.2 Å². The number of carbonyl (C=O) groups excluding carboxylic acids is 10. The lowest BCUT2D eigenvalue weighted by atomic mass is 9.86. The van der Waals surface area contributed by atoms with Gasteiger partial charge in [-0.25, -0.2) is 0 Å². The second-order valence-electron chi connectivity index (χ2n) is 21.0. The van der Waals surface area contributed by atoms with Crippen molar-refractivity contribution >= 4 is 59.1 Å². The summed E-state index contributed by atoms with van der Waals surface area (Å²) in [6.07, 6.45) is 3.21. The monoisotopic (exact) mass is 1110 g/mol. The summed E-state index contributed by atoms with van der Waals surface area (Å²) in [7, 11) is 0. The molecule has 0 aromatic heterocycles. The minimum Gasteiger partial charge on any atom is -0.391 e. The standard InChI is InChI=1S/C53H90N14O12/c1-30(2)28-40-50(76)61-35(18-23-54)45(71)60-38(21-26-57)49(75)67-43(31(3)68)52(78)58-27-22-39(48(74)59-36(19-24-55)47(73)65-41(51(77)64-40)29-34-14-9-6-10-15-34)62-46(72)37(20-25-56)63-53(79)44(32(4)69)66-42(70)17-11-16-33-12-7-5-8-13-33/h6,9-10,14-15,30-33,35-41,43-44,68-69H,5,7-8,11-13,16-29,54-57H2,1-4H3,(H,58,78)(H,59,74)(H,60,71)(H,61,76)(H,62,72)(H,63,79)(H,64,77)(H,65,73)(H,66,70)(H,67,75)/t31-,32-,35?,36+,37+,38+,39?,40?,41?,43+,44+/m1/s1. The fraction of sp³-hybridized carbons (Fsp3) is 0.698. The molecular formula is C53H90N14O12. The molecule has 1 heterocycles. The van der Waals surface area contributed by atoms with Gasteiger partial charge in [-0.15, -0.1) is 0 Å². The predicted molar refractivity (Wildman–Crippen MR) is 293 cm³/mol. The molecule has 10 amide bonds. The SMILES string of the molecule is CC(C)CC1NC(=O)C(Cc2ccccc2)NC(=O)[C@H](CCN)NC(=O)C(NC(=O)[C@H](CCN)NC(=O)[C@@H](NC(=O)CCCC2CCCCC2)[C@@H](C)O)CCNC(=O)[C@H]([C@@H](C)O)NC(=O)[C@H](CCN)NC(=O)C(CCN)NC1=O. The third-order valence-corrected chi connectivity index (χ3v) is 13.9. The summed E-state index contributed by atoms with van der Waals surface area (Å²) < 4.78 is 0. The number of carbonyl (C=O) groups is 10. The fourth-order valence-corrected chi connectivity index (χ4v) is 9.45. The molecule has 2 fully saturated rings. The summed E-state index contributed by atoms with van der Waals surface area (Å²) in [5, 5.41) is 47.2. The smallest absolute Gasteiger partial charge is 0.245 e. The molecule has 1 aromatic rings. The molecule has 1 aliphatic carbocycles. The molecule has 4 unspecified atom stereocenters. The lowest BCUT2D eigenvalue weighted by molar-refractivity contribution is -0.136. The van der Waals surface area contributed by atoms with Gasteiger partial charge in [0.15, 0.2) is 0 Å². The van der Waals surface area contributed by atoms with E-state index in [1.165, 1.54) is 20.3 Å². The molecule has 26 nitrogen and oxygen atoms in total. The molecule has 11 atom stereocenters. The summed E-state index contributed by atoms with van der Waals surface area (Å²) in [5.41, 5.74) is 24.1. The first-order valence-corrected chi connectivity index (χ1v) is 27.8. The topological polar surface area (TPSA) is 436 Å². The Labute approximate surface area is 463 Å². The van der Waals surface area contributed by atoms with Gasteiger partial charge in [-0.1, -0.05) is 76.3 Å². The van der Waals surface area contributed by atoms with Crippen LogP contribution in [-0.2, 0) is 54.4 Å². The van der Waals surface area contributed by atoms with Crippen LogP contribution in [0.4, 0.5) is 0 Å². The van der Waals surface area contributed by atoms with Crippen LogP contribution in [0.15, 0.2) is 30.3 Å². The number of nitrogens with one attached hydrogen (secondary N) is 10. The van der Waals surface area contributed by atoms with Crippen LogP contribution in [0.2, 0.25) is 0 Å². The van der Waals surface area contributed by atoms with E-state index >= 15 is 0 Å². The number of benzene rings is 1. The molecule has 0 radical (unpaired) electrons. The number of rotatable bonds is 23. The molecule has 26 heteroatoms. The van der Waals surface area contributed by atoms with Crippen molar-refractivity contribution in [2.24, 2.45) is 34.8 Å².